The van der Waals surface area contributed by atoms with Crippen LogP contribution >= 0.6 is 0 Å². The van der Waals surface area contributed by atoms with Gasteiger partial charge in [-0.1, -0.05) is 48.5 Å². The molecule has 1 heterocycles. The zero-order chi connectivity index (χ0) is 15.0. The summed E-state index contributed by atoms with van der Waals surface area (Å²) in [5.41, 5.74) is 2.71. The fraction of sp³-hybridized carbons (Fsp3) is 0.368. The molecule has 3 rings (SSSR count). The SMILES string of the molecule is c1ccc(CNCCN2CCN(c3ccccc3)CC2)cc1. The fourth-order valence-corrected chi connectivity index (χ4v) is 2.93. The van der Waals surface area contributed by atoms with Gasteiger partial charge in [0.2, 0.25) is 0 Å². The Morgan fingerprint density at radius 1 is 0.773 bits per heavy atom. The van der Waals surface area contributed by atoms with Crippen LogP contribution in [0.5, 0.6) is 0 Å². The van der Waals surface area contributed by atoms with Crippen molar-refractivity contribution in [3.8, 4) is 0 Å². The van der Waals surface area contributed by atoms with Crippen LogP contribution in [0.1, 0.15) is 5.56 Å². The van der Waals surface area contributed by atoms with Gasteiger partial charge in [-0.05, 0) is 17.7 Å². The Bertz CT molecular complexity index is 533. The van der Waals surface area contributed by atoms with Crippen LogP contribution in [0.15, 0.2) is 60.7 Å². The van der Waals surface area contributed by atoms with Gasteiger partial charge in [-0.15, -0.1) is 0 Å². The van der Waals surface area contributed by atoms with Crippen molar-refractivity contribution in [3.63, 3.8) is 0 Å². The zero-order valence-corrected chi connectivity index (χ0v) is 13.1. The molecule has 1 saturated heterocycles. The van der Waals surface area contributed by atoms with Crippen molar-refractivity contribution in [2.75, 3.05) is 44.2 Å². The molecule has 2 aromatic rings. The summed E-state index contributed by atoms with van der Waals surface area (Å²) >= 11 is 0. The van der Waals surface area contributed by atoms with Crippen LogP contribution in [0.3, 0.4) is 0 Å². The molecule has 22 heavy (non-hydrogen) atoms. The molecule has 3 nitrogen and oxygen atoms in total. The number of nitrogens with zero attached hydrogens (tertiary/aromatic N) is 2. The van der Waals surface area contributed by atoms with Gasteiger partial charge in [-0.2, -0.15) is 0 Å². The van der Waals surface area contributed by atoms with Crippen molar-refractivity contribution in [2.24, 2.45) is 0 Å². The maximum atomic E-state index is 3.54. The lowest BCUT2D eigenvalue weighted by Gasteiger charge is -2.36. The first-order valence-electron chi connectivity index (χ1n) is 8.19. The third-order valence-corrected chi connectivity index (χ3v) is 4.27. The predicted molar refractivity (Wildman–Crippen MR) is 93.2 cm³/mol. The molecule has 1 aliphatic rings. The zero-order valence-electron chi connectivity index (χ0n) is 13.1. The molecule has 0 aliphatic carbocycles. The number of rotatable bonds is 6. The topological polar surface area (TPSA) is 18.5 Å². The minimum Gasteiger partial charge on any atom is -0.369 e. The van der Waals surface area contributed by atoms with Crippen LogP contribution in [-0.2, 0) is 6.54 Å². The second-order valence-electron chi connectivity index (χ2n) is 5.83. The average Bonchev–Trinajstić information content (AvgIpc) is 2.61. The molecule has 0 bridgehead atoms. The van der Waals surface area contributed by atoms with Gasteiger partial charge in [0.05, 0.1) is 0 Å². The van der Waals surface area contributed by atoms with Crippen LogP contribution < -0.4 is 10.2 Å². The smallest absolute Gasteiger partial charge is 0.0367 e. The van der Waals surface area contributed by atoms with Crippen LogP contribution in [0, 0.1) is 0 Å². The predicted octanol–water partition coefficient (Wildman–Crippen LogP) is 2.60. The molecule has 0 unspecified atom stereocenters. The first kappa shape index (κ1) is 15.1. The van der Waals surface area contributed by atoms with E-state index in [1.807, 2.05) is 0 Å². The summed E-state index contributed by atoms with van der Waals surface area (Å²) in [5, 5.41) is 3.54. The number of para-hydroxylation sites is 1. The highest BCUT2D eigenvalue weighted by Crippen LogP contribution is 2.15. The number of benzene rings is 2. The number of hydrogen-bond donors (Lipinski definition) is 1. The summed E-state index contributed by atoms with van der Waals surface area (Å²) in [5.74, 6) is 0. The molecular weight excluding hydrogens is 270 g/mol. The number of piperazine rings is 1. The van der Waals surface area contributed by atoms with Crippen molar-refractivity contribution in [1.82, 2.24) is 10.2 Å². The van der Waals surface area contributed by atoms with Gasteiger partial charge in [0.15, 0.2) is 0 Å². The number of nitrogens with one attached hydrogen (secondary N) is 1. The van der Waals surface area contributed by atoms with Crippen molar-refractivity contribution < 1.29 is 0 Å². The van der Waals surface area contributed by atoms with Gasteiger partial charge in [-0.3, -0.25) is 4.90 Å². The van der Waals surface area contributed by atoms with Gasteiger partial charge in [0, 0.05) is 51.5 Å². The summed E-state index contributed by atoms with van der Waals surface area (Å²) < 4.78 is 0. The molecule has 0 atom stereocenters. The van der Waals surface area contributed by atoms with Crippen molar-refractivity contribution in [3.05, 3.63) is 66.2 Å². The van der Waals surface area contributed by atoms with Gasteiger partial charge in [-0.25, -0.2) is 0 Å². The van der Waals surface area contributed by atoms with E-state index < -0.39 is 0 Å². The molecular formula is C19H25N3. The summed E-state index contributed by atoms with van der Waals surface area (Å²) in [7, 11) is 0. The molecule has 1 N–H and O–H groups in total. The van der Waals surface area contributed by atoms with Crippen LogP contribution in [0.25, 0.3) is 0 Å². The lowest BCUT2D eigenvalue weighted by atomic mass is 10.2. The van der Waals surface area contributed by atoms with E-state index in [0.29, 0.717) is 0 Å². The summed E-state index contributed by atoms with van der Waals surface area (Å²) in [4.78, 5) is 5.03. The normalized spacial score (nSPS) is 15.9. The maximum absolute atomic E-state index is 3.54. The van der Waals surface area contributed by atoms with E-state index in [9.17, 15) is 0 Å². The second-order valence-corrected chi connectivity index (χ2v) is 5.83. The monoisotopic (exact) mass is 295 g/mol. The van der Waals surface area contributed by atoms with E-state index in [0.717, 1.165) is 45.8 Å². The van der Waals surface area contributed by atoms with Crippen LogP contribution in [0.4, 0.5) is 5.69 Å². The Kier molecular flexibility index (Phi) is 5.46. The average molecular weight is 295 g/mol. The molecule has 2 aromatic carbocycles. The Balaban J connectivity index is 1.34. The Morgan fingerprint density at radius 2 is 1.41 bits per heavy atom. The first-order chi connectivity index (χ1) is 10.9. The molecule has 0 spiro atoms. The maximum Gasteiger partial charge on any atom is 0.0367 e. The van der Waals surface area contributed by atoms with Gasteiger partial charge >= 0.3 is 0 Å². The molecule has 0 aromatic heterocycles. The van der Waals surface area contributed by atoms with Crippen molar-refractivity contribution in [2.45, 2.75) is 6.54 Å². The van der Waals surface area contributed by atoms with Gasteiger partial charge < -0.3 is 10.2 Å². The van der Waals surface area contributed by atoms with Crippen molar-refractivity contribution in [1.29, 1.82) is 0 Å². The highest BCUT2D eigenvalue weighted by Gasteiger charge is 2.16. The van der Waals surface area contributed by atoms with Crippen molar-refractivity contribution >= 4 is 5.69 Å². The Hall–Kier alpha value is -1.84. The fourth-order valence-electron chi connectivity index (χ4n) is 2.93. The van der Waals surface area contributed by atoms with E-state index in [1.165, 1.54) is 11.3 Å². The molecule has 1 aliphatic heterocycles. The standard InChI is InChI=1S/C19H25N3/c1-3-7-18(8-4-1)17-20-11-12-21-13-15-22(16-14-21)19-9-5-2-6-10-19/h1-10,20H,11-17H2. The molecule has 116 valence electrons. The van der Waals surface area contributed by atoms with Gasteiger partial charge in [0.1, 0.15) is 0 Å². The van der Waals surface area contributed by atoms with E-state index in [4.69, 9.17) is 0 Å². The summed E-state index contributed by atoms with van der Waals surface area (Å²) in [6, 6.07) is 21.3. The Morgan fingerprint density at radius 3 is 2.09 bits per heavy atom. The first-order valence-corrected chi connectivity index (χ1v) is 8.19. The minimum absolute atomic E-state index is 0.963. The third-order valence-electron chi connectivity index (χ3n) is 4.27. The lowest BCUT2D eigenvalue weighted by Crippen LogP contribution is -2.48. The van der Waals surface area contributed by atoms with E-state index in [1.54, 1.807) is 0 Å². The molecule has 1 fully saturated rings. The number of hydrogen-bond acceptors (Lipinski definition) is 3. The van der Waals surface area contributed by atoms with Gasteiger partial charge in [0.25, 0.3) is 0 Å². The molecule has 0 radical (unpaired) electrons. The van der Waals surface area contributed by atoms with E-state index in [2.05, 4.69) is 75.8 Å². The van der Waals surface area contributed by atoms with Crippen LogP contribution in [-0.4, -0.2) is 44.2 Å². The summed E-state index contributed by atoms with van der Waals surface area (Å²) in [6.45, 7) is 7.72. The minimum atomic E-state index is 0.963. The molecule has 3 heteroatoms. The third kappa shape index (κ3) is 4.33. The van der Waals surface area contributed by atoms with Crippen LogP contribution in [0.2, 0.25) is 0 Å². The highest BCUT2D eigenvalue weighted by atomic mass is 15.3. The largest absolute Gasteiger partial charge is 0.369 e. The quantitative estimate of drug-likeness (QED) is 0.827. The summed E-state index contributed by atoms with van der Waals surface area (Å²) in [6.07, 6.45) is 0. The van der Waals surface area contributed by atoms with E-state index in [-0.39, 0.29) is 0 Å². The molecule has 0 saturated carbocycles. The molecule has 0 amide bonds. The number of anilines is 1. The second kappa shape index (κ2) is 7.97. The van der Waals surface area contributed by atoms with E-state index >= 15 is 0 Å². The Labute approximate surface area is 133 Å². The highest BCUT2D eigenvalue weighted by molar-refractivity contribution is 5.46. The lowest BCUT2D eigenvalue weighted by molar-refractivity contribution is 0.257.